The highest BCUT2D eigenvalue weighted by atomic mass is 16.4. The van der Waals surface area contributed by atoms with Crippen molar-refractivity contribution < 1.29 is 9.90 Å². The fraction of sp³-hybridized carbons (Fsp3) is 0.417. The van der Waals surface area contributed by atoms with Crippen LogP contribution in [0.2, 0.25) is 0 Å². The number of carbonyl (C=O) groups is 1. The second-order valence-corrected chi connectivity index (χ2v) is 4.30. The van der Waals surface area contributed by atoms with Gasteiger partial charge in [-0.25, -0.2) is 9.97 Å². The Hall–Kier alpha value is -1.91. The van der Waals surface area contributed by atoms with Crippen LogP contribution in [0.25, 0.3) is 11.2 Å². The summed E-state index contributed by atoms with van der Waals surface area (Å²) in [5, 5.41) is 8.93. The van der Waals surface area contributed by atoms with Crippen molar-refractivity contribution >= 4 is 17.1 Å². The Morgan fingerprint density at radius 3 is 2.94 bits per heavy atom. The summed E-state index contributed by atoms with van der Waals surface area (Å²) in [6, 6.07) is 1.84. The minimum absolute atomic E-state index is 0.414. The minimum Gasteiger partial charge on any atom is -0.481 e. The SMILES string of the molecule is Cc1nc2c(CC(C)C(=O)O)ccnc2n1C. The highest BCUT2D eigenvalue weighted by Crippen LogP contribution is 2.19. The van der Waals surface area contributed by atoms with Crippen LogP contribution in [0.5, 0.6) is 0 Å². The van der Waals surface area contributed by atoms with Gasteiger partial charge in [-0.15, -0.1) is 0 Å². The first-order chi connectivity index (χ1) is 8.00. The highest BCUT2D eigenvalue weighted by Gasteiger charge is 2.16. The zero-order valence-corrected chi connectivity index (χ0v) is 10.1. The van der Waals surface area contributed by atoms with Crippen molar-refractivity contribution in [3.63, 3.8) is 0 Å². The Kier molecular flexibility index (Phi) is 2.83. The van der Waals surface area contributed by atoms with E-state index in [4.69, 9.17) is 5.11 Å². The zero-order chi connectivity index (χ0) is 12.6. The van der Waals surface area contributed by atoms with E-state index in [1.54, 1.807) is 13.1 Å². The third kappa shape index (κ3) is 2.00. The maximum atomic E-state index is 10.9. The summed E-state index contributed by atoms with van der Waals surface area (Å²) < 4.78 is 1.91. The molecule has 5 heteroatoms. The number of hydrogen-bond donors (Lipinski definition) is 1. The van der Waals surface area contributed by atoms with Crippen LogP contribution < -0.4 is 0 Å². The summed E-state index contributed by atoms with van der Waals surface area (Å²) in [6.07, 6.45) is 2.18. The largest absolute Gasteiger partial charge is 0.481 e. The first kappa shape index (κ1) is 11.6. The third-order valence-electron chi connectivity index (χ3n) is 3.01. The first-order valence-electron chi connectivity index (χ1n) is 5.50. The number of carboxylic acids is 1. The lowest BCUT2D eigenvalue weighted by Crippen LogP contribution is -2.12. The average Bonchev–Trinajstić information content (AvgIpc) is 2.57. The van der Waals surface area contributed by atoms with Crippen LogP contribution in [0, 0.1) is 12.8 Å². The average molecular weight is 233 g/mol. The third-order valence-corrected chi connectivity index (χ3v) is 3.01. The van der Waals surface area contributed by atoms with E-state index in [-0.39, 0.29) is 0 Å². The van der Waals surface area contributed by atoms with Gasteiger partial charge in [0.1, 0.15) is 11.3 Å². The number of fused-ring (bicyclic) bond motifs is 1. The van der Waals surface area contributed by atoms with Crippen LogP contribution in [0.1, 0.15) is 18.3 Å². The molecule has 90 valence electrons. The van der Waals surface area contributed by atoms with Gasteiger partial charge in [0.25, 0.3) is 0 Å². The van der Waals surface area contributed by atoms with Crippen LogP contribution >= 0.6 is 0 Å². The number of aromatic nitrogens is 3. The molecule has 2 heterocycles. The van der Waals surface area contributed by atoms with Crippen molar-refractivity contribution in [1.29, 1.82) is 0 Å². The molecule has 0 aliphatic heterocycles. The fourth-order valence-electron chi connectivity index (χ4n) is 1.82. The van der Waals surface area contributed by atoms with Gasteiger partial charge in [0.15, 0.2) is 5.65 Å². The normalized spacial score (nSPS) is 12.9. The number of aliphatic carboxylic acids is 1. The molecule has 0 amide bonds. The summed E-state index contributed by atoms with van der Waals surface area (Å²) >= 11 is 0. The van der Waals surface area contributed by atoms with Crippen molar-refractivity contribution in [2.75, 3.05) is 0 Å². The molecule has 0 radical (unpaired) electrons. The van der Waals surface area contributed by atoms with E-state index in [1.165, 1.54) is 0 Å². The molecule has 0 aliphatic rings. The van der Waals surface area contributed by atoms with Crippen molar-refractivity contribution in [3.05, 3.63) is 23.7 Å². The predicted molar refractivity (Wildman–Crippen MR) is 63.7 cm³/mol. The molecule has 0 spiro atoms. The summed E-state index contributed by atoms with van der Waals surface area (Å²) in [6.45, 7) is 3.61. The molecule has 1 N–H and O–H groups in total. The molecule has 2 aromatic heterocycles. The van der Waals surface area contributed by atoms with Gasteiger partial charge < -0.3 is 9.67 Å². The summed E-state index contributed by atoms with van der Waals surface area (Å²) in [5.41, 5.74) is 2.55. The van der Waals surface area contributed by atoms with E-state index in [0.717, 1.165) is 22.6 Å². The van der Waals surface area contributed by atoms with E-state index in [0.29, 0.717) is 6.42 Å². The molecular weight excluding hydrogens is 218 g/mol. The summed E-state index contributed by atoms with van der Waals surface area (Å²) in [7, 11) is 1.90. The smallest absolute Gasteiger partial charge is 0.306 e. The van der Waals surface area contributed by atoms with E-state index in [1.807, 2.05) is 24.6 Å². The second kappa shape index (κ2) is 4.16. The van der Waals surface area contributed by atoms with Crippen molar-refractivity contribution in [3.8, 4) is 0 Å². The van der Waals surface area contributed by atoms with E-state index in [9.17, 15) is 4.79 Å². The molecule has 5 nitrogen and oxygen atoms in total. The zero-order valence-electron chi connectivity index (χ0n) is 10.1. The molecular formula is C12H15N3O2. The molecule has 0 aliphatic carbocycles. The Labute approximate surface area is 99.1 Å². The Bertz CT molecular complexity index is 574. The lowest BCUT2D eigenvalue weighted by atomic mass is 10.0. The number of pyridine rings is 1. The molecule has 1 unspecified atom stereocenters. The first-order valence-corrected chi connectivity index (χ1v) is 5.50. The molecule has 0 fully saturated rings. The maximum absolute atomic E-state index is 10.9. The Balaban J connectivity index is 2.48. The lowest BCUT2D eigenvalue weighted by molar-refractivity contribution is -0.141. The lowest BCUT2D eigenvalue weighted by Gasteiger charge is -2.06. The number of nitrogens with zero attached hydrogens (tertiary/aromatic N) is 3. The number of rotatable bonds is 3. The van der Waals surface area contributed by atoms with Gasteiger partial charge in [-0.05, 0) is 25.0 Å². The Morgan fingerprint density at radius 1 is 1.59 bits per heavy atom. The second-order valence-electron chi connectivity index (χ2n) is 4.30. The van der Waals surface area contributed by atoms with Crippen LogP contribution in [0.4, 0.5) is 0 Å². The molecule has 0 saturated carbocycles. The molecule has 17 heavy (non-hydrogen) atoms. The maximum Gasteiger partial charge on any atom is 0.306 e. The van der Waals surface area contributed by atoms with Gasteiger partial charge in [0.2, 0.25) is 0 Å². The summed E-state index contributed by atoms with van der Waals surface area (Å²) in [4.78, 5) is 19.6. The van der Waals surface area contributed by atoms with E-state index in [2.05, 4.69) is 9.97 Å². The van der Waals surface area contributed by atoms with Crippen LogP contribution in [0.15, 0.2) is 12.3 Å². The highest BCUT2D eigenvalue weighted by molar-refractivity contribution is 5.77. The minimum atomic E-state index is -0.789. The van der Waals surface area contributed by atoms with Gasteiger partial charge in [-0.1, -0.05) is 6.92 Å². The number of hydrogen-bond acceptors (Lipinski definition) is 3. The standard InChI is InChI=1S/C12H15N3O2/c1-7(12(16)17)6-9-4-5-13-11-10(9)14-8(2)15(11)3/h4-5,7H,6H2,1-3H3,(H,16,17). The van der Waals surface area contributed by atoms with Gasteiger partial charge in [-0.2, -0.15) is 0 Å². The van der Waals surface area contributed by atoms with Gasteiger partial charge in [0.05, 0.1) is 5.92 Å². The van der Waals surface area contributed by atoms with E-state index >= 15 is 0 Å². The number of aryl methyl sites for hydroxylation is 2. The van der Waals surface area contributed by atoms with Crippen LogP contribution in [0.3, 0.4) is 0 Å². The van der Waals surface area contributed by atoms with Crippen molar-refractivity contribution in [1.82, 2.24) is 14.5 Å². The predicted octanol–water partition coefficient (Wildman–Crippen LogP) is 1.54. The monoisotopic (exact) mass is 233 g/mol. The van der Waals surface area contributed by atoms with Crippen LogP contribution in [-0.4, -0.2) is 25.6 Å². The van der Waals surface area contributed by atoms with Gasteiger partial charge in [-0.3, -0.25) is 4.79 Å². The topological polar surface area (TPSA) is 68.0 Å². The van der Waals surface area contributed by atoms with Crippen LogP contribution in [-0.2, 0) is 18.3 Å². The molecule has 0 saturated heterocycles. The molecule has 0 aromatic carbocycles. The molecule has 0 bridgehead atoms. The number of carboxylic acid groups (broad SMARTS) is 1. The van der Waals surface area contributed by atoms with Crippen molar-refractivity contribution in [2.24, 2.45) is 13.0 Å². The number of imidazole rings is 1. The Morgan fingerprint density at radius 2 is 2.29 bits per heavy atom. The summed E-state index contributed by atoms with van der Waals surface area (Å²) in [5.74, 6) is -0.326. The van der Waals surface area contributed by atoms with Crippen molar-refractivity contribution in [2.45, 2.75) is 20.3 Å². The van der Waals surface area contributed by atoms with E-state index < -0.39 is 11.9 Å². The molecule has 2 aromatic rings. The fourth-order valence-corrected chi connectivity index (χ4v) is 1.82. The molecule has 1 atom stereocenters. The van der Waals surface area contributed by atoms with Gasteiger partial charge in [0, 0.05) is 13.2 Å². The quantitative estimate of drug-likeness (QED) is 0.873. The molecule has 2 rings (SSSR count). The van der Waals surface area contributed by atoms with Gasteiger partial charge >= 0.3 is 5.97 Å².